The molecule has 2 heterocycles. The van der Waals surface area contributed by atoms with Gasteiger partial charge in [0.2, 0.25) is 5.91 Å². The lowest BCUT2D eigenvalue weighted by molar-refractivity contribution is -0.134. The molecule has 2 aliphatic heterocycles. The van der Waals surface area contributed by atoms with Crippen LogP contribution in [-0.4, -0.2) is 78.5 Å². The Morgan fingerprint density at radius 1 is 1.15 bits per heavy atom. The Kier molecular flexibility index (Phi) is 4.99. The topological polar surface area (TPSA) is 52.8 Å². The lowest BCUT2D eigenvalue weighted by Gasteiger charge is -2.39. The van der Waals surface area contributed by atoms with E-state index in [9.17, 15) is 4.79 Å². The number of likely N-dealkylation sites (tertiary alicyclic amines) is 1. The van der Waals surface area contributed by atoms with E-state index in [4.69, 9.17) is 18.0 Å². The van der Waals surface area contributed by atoms with Gasteiger partial charge in [-0.05, 0) is 33.0 Å². The summed E-state index contributed by atoms with van der Waals surface area (Å²) in [5.74, 6) is 0.261. The second kappa shape index (κ2) is 6.37. The van der Waals surface area contributed by atoms with Crippen molar-refractivity contribution >= 4 is 23.1 Å². The molecule has 5 nitrogen and oxygen atoms in total. The van der Waals surface area contributed by atoms with Crippen molar-refractivity contribution in [3.8, 4) is 0 Å². The molecule has 20 heavy (non-hydrogen) atoms. The second-order valence-electron chi connectivity index (χ2n) is 6.39. The molecule has 1 amide bonds. The van der Waals surface area contributed by atoms with Crippen LogP contribution in [0.3, 0.4) is 0 Å². The molecule has 2 rings (SSSR count). The first-order valence-corrected chi connectivity index (χ1v) is 7.80. The van der Waals surface area contributed by atoms with Gasteiger partial charge in [0.1, 0.15) is 0 Å². The molecule has 6 heteroatoms. The van der Waals surface area contributed by atoms with Crippen LogP contribution in [0, 0.1) is 5.41 Å². The van der Waals surface area contributed by atoms with Gasteiger partial charge in [0.25, 0.3) is 0 Å². The summed E-state index contributed by atoms with van der Waals surface area (Å²) in [5.41, 5.74) is 5.79. The van der Waals surface area contributed by atoms with E-state index in [-0.39, 0.29) is 11.3 Å². The zero-order valence-electron chi connectivity index (χ0n) is 12.6. The molecule has 0 unspecified atom stereocenters. The van der Waals surface area contributed by atoms with Gasteiger partial charge >= 0.3 is 0 Å². The molecule has 2 saturated heterocycles. The number of amides is 1. The van der Waals surface area contributed by atoms with Crippen LogP contribution >= 0.6 is 12.2 Å². The molecule has 0 radical (unpaired) electrons. The number of nitrogens with zero attached hydrogens (tertiary/aromatic N) is 3. The van der Waals surface area contributed by atoms with E-state index in [0.717, 1.165) is 52.1 Å². The summed E-state index contributed by atoms with van der Waals surface area (Å²) in [6, 6.07) is 0. The average Bonchev–Trinajstić information content (AvgIpc) is 2.42. The maximum Gasteiger partial charge on any atom is 0.236 e. The number of rotatable bonds is 3. The van der Waals surface area contributed by atoms with Crippen molar-refractivity contribution in [2.75, 3.05) is 52.9 Å². The van der Waals surface area contributed by atoms with Crippen LogP contribution in [0.4, 0.5) is 0 Å². The first-order chi connectivity index (χ1) is 9.40. The third-order valence-corrected chi connectivity index (χ3v) is 5.26. The van der Waals surface area contributed by atoms with E-state index in [2.05, 4.69) is 23.8 Å². The number of thiocarbonyl (C=S) groups is 1. The molecule has 0 aromatic rings. The molecule has 2 N–H and O–H groups in total. The van der Waals surface area contributed by atoms with Crippen LogP contribution in [-0.2, 0) is 4.79 Å². The van der Waals surface area contributed by atoms with Crippen molar-refractivity contribution in [2.24, 2.45) is 11.1 Å². The molecule has 0 aromatic heterocycles. The van der Waals surface area contributed by atoms with Gasteiger partial charge in [0.05, 0.1) is 11.5 Å². The molecule has 0 aliphatic carbocycles. The lowest BCUT2D eigenvalue weighted by Crippen LogP contribution is -2.52. The predicted molar refractivity (Wildman–Crippen MR) is 84.6 cm³/mol. The number of piperidine rings is 1. The van der Waals surface area contributed by atoms with E-state index in [1.54, 1.807) is 0 Å². The van der Waals surface area contributed by atoms with Gasteiger partial charge in [-0.1, -0.05) is 19.1 Å². The molecule has 2 aliphatic rings. The summed E-state index contributed by atoms with van der Waals surface area (Å²) in [6.45, 7) is 8.16. The average molecular weight is 298 g/mol. The molecular formula is C14H26N4OS. The van der Waals surface area contributed by atoms with E-state index >= 15 is 0 Å². The van der Waals surface area contributed by atoms with Gasteiger partial charge in [-0.25, -0.2) is 0 Å². The SMILES string of the molecule is CN1CCN(C(=O)CN2CCC(C)(C(N)=S)CC2)CC1. The number of hydrogen-bond donors (Lipinski definition) is 1. The molecule has 0 saturated carbocycles. The monoisotopic (exact) mass is 298 g/mol. The number of hydrogen-bond acceptors (Lipinski definition) is 4. The third kappa shape index (κ3) is 3.68. The minimum Gasteiger partial charge on any atom is -0.393 e. The van der Waals surface area contributed by atoms with Crippen LogP contribution in [0.15, 0.2) is 0 Å². The second-order valence-corrected chi connectivity index (χ2v) is 6.82. The minimum absolute atomic E-state index is 0.0251. The predicted octanol–water partition coefficient (Wildman–Crippen LogP) is 0.149. The Morgan fingerprint density at radius 2 is 1.70 bits per heavy atom. The van der Waals surface area contributed by atoms with Gasteiger partial charge in [-0.3, -0.25) is 9.69 Å². The van der Waals surface area contributed by atoms with Crippen LogP contribution < -0.4 is 5.73 Å². The van der Waals surface area contributed by atoms with Crippen molar-refractivity contribution in [3.63, 3.8) is 0 Å². The van der Waals surface area contributed by atoms with E-state index in [1.807, 2.05) is 4.90 Å². The van der Waals surface area contributed by atoms with Gasteiger partial charge in [0, 0.05) is 31.6 Å². The molecule has 0 spiro atoms. The first-order valence-electron chi connectivity index (χ1n) is 7.39. The highest BCUT2D eigenvalue weighted by Crippen LogP contribution is 2.31. The summed E-state index contributed by atoms with van der Waals surface area (Å²) in [5, 5.41) is 0. The third-order valence-electron chi connectivity index (χ3n) is 4.77. The Morgan fingerprint density at radius 3 is 2.20 bits per heavy atom. The summed E-state index contributed by atoms with van der Waals surface area (Å²) in [7, 11) is 2.10. The van der Waals surface area contributed by atoms with Crippen molar-refractivity contribution in [2.45, 2.75) is 19.8 Å². The van der Waals surface area contributed by atoms with Gasteiger partial charge < -0.3 is 15.5 Å². The fourth-order valence-corrected chi connectivity index (χ4v) is 3.00. The standard InChI is InChI=1S/C14H26N4OS/c1-14(13(15)20)3-5-17(6-4-14)11-12(19)18-9-7-16(2)8-10-18/h3-11H2,1-2H3,(H2,15,20). The summed E-state index contributed by atoms with van der Waals surface area (Å²) in [6.07, 6.45) is 1.91. The maximum absolute atomic E-state index is 12.3. The Bertz CT molecular complexity index is 371. The lowest BCUT2D eigenvalue weighted by atomic mass is 9.80. The molecule has 2 fully saturated rings. The largest absolute Gasteiger partial charge is 0.393 e. The molecule has 114 valence electrons. The highest BCUT2D eigenvalue weighted by atomic mass is 32.1. The van der Waals surface area contributed by atoms with Gasteiger partial charge in [-0.2, -0.15) is 0 Å². The van der Waals surface area contributed by atoms with Crippen LogP contribution in [0.25, 0.3) is 0 Å². The van der Waals surface area contributed by atoms with E-state index in [1.165, 1.54) is 0 Å². The minimum atomic E-state index is -0.0251. The van der Waals surface area contributed by atoms with E-state index < -0.39 is 0 Å². The zero-order valence-corrected chi connectivity index (χ0v) is 13.4. The Balaban J connectivity index is 1.78. The summed E-state index contributed by atoms with van der Waals surface area (Å²) in [4.78, 5) is 19.4. The normalized spacial score (nSPS) is 24.6. The van der Waals surface area contributed by atoms with Crippen molar-refractivity contribution < 1.29 is 4.79 Å². The zero-order chi connectivity index (χ0) is 14.8. The highest BCUT2D eigenvalue weighted by Gasteiger charge is 2.33. The number of carbonyl (C=O) groups is 1. The van der Waals surface area contributed by atoms with Crippen molar-refractivity contribution in [1.82, 2.24) is 14.7 Å². The fourth-order valence-electron chi connectivity index (χ4n) is 2.80. The molecular weight excluding hydrogens is 272 g/mol. The highest BCUT2D eigenvalue weighted by molar-refractivity contribution is 7.80. The van der Waals surface area contributed by atoms with Crippen LogP contribution in [0.2, 0.25) is 0 Å². The number of piperazine rings is 1. The number of likely N-dealkylation sites (N-methyl/N-ethyl adjacent to an activating group) is 1. The van der Waals surface area contributed by atoms with Crippen molar-refractivity contribution in [3.05, 3.63) is 0 Å². The number of nitrogens with two attached hydrogens (primary N) is 1. The van der Waals surface area contributed by atoms with Crippen LogP contribution in [0.1, 0.15) is 19.8 Å². The van der Waals surface area contributed by atoms with Gasteiger partial charge in [-0.15, -0.1) is 0 Å². The molecule has 0 atom stereocenters. The number of carbonyl (C=O) groups excluding carboxylic acids is 1. The quantitative estimate of drug-likeness (QED) is 0.752. The smallest absolute Gasteiger partial charge is 0.236 e. The summed E-state index contributed by atoms with van der Waals surface area (Å²) >= 11 is 5.15. The molecule has 0 bridgehead atoms. The summed E-state index contributed by atoms with van der Waals surface area (Å²) < 4.78 is 0. The molecule has 0 aromatic carbocycles. The van der Waals surface area contributed by atoms with Crippen molar-refractivity contribution in [1.29, 1.82) is 0 Å². The van der Waals surface area contributed by atoms with Crippen LogP contribution in [0.5, 0.6) is 0 Å². The first kappa shape index (κ1) is 15.7. The fraction of sp³-hybridized carbons (Fsp3) is 0.857. The van der Waals surface area contributed by atoms with E-state index in [0.29, 0.717) is 11.5 Å². The maximum atomic E-state index is 12.3. The van der Waals surface area contributed by atoms with Gasteiger partial charge in [0.15, 0.2) is 0 Å². The Hall–Kier alpha value is -0.720. The Labute approximate surface area is 127 Å².